The summed E-state index contributed by atoms with van der Waals surface area (Å²) in [5.74, 6) is 0.136. The lowest BCUT2D eigenvalue weighted by atomic mass is 10.0. The lowest BCUT2D eigenvalue weighted by Crippen LogP contribution is -2.46. The van der Waals surface area contributed by atoms with Crippen molar-refractivity contribution in [3.05, 3.63) is 30.1 Å². The van der Waals surface area contributed by atoms with Crippen molar-refractivity contribution in [2.45, 2.75) is 45.1 Å². The number of nitrogens with one attached hydrogen (secondary N) is 1. The number of carbonyl (C=O) groups excluding carboxylic acids is 1. The van der Waals surface area contributed by atoms with E-state index in [2.05, 4.69) is 22.1 Å². The minimum Gasteiger partial charge on any atom is -0.355 e. The summed E-state index contributed by atoms with van der Waals surface area (Å²) in [7, 11) is 0. The van der Waals surface area contributed by atoms with Crippen LogP contribution in [-0.4, -0.2) is 41.5 Å². The number of rotatable bonds is 6. The summed E-state index contributed by atoms with van der Waals surface area (Å²) in [4.78, 5) is 18.6. The lowest BCUT2D eigenvalue weighted by Gasteiger charge is -2.34. The van der Waals surface area contributed by atoms with Crippen LogP contribution in [0.15, 0.2) is 24.4 Å². The molecule has 4 heteroatoms. The number of aryl methyl sites for hydroxylation is 1. The first-order chi connectivity index (χ1) is 9.79. The highest BCUT2D eigenvalue weighted by Gasteiger charge is 2.21. The number of hydrogen-bond donors (Lipinski definition) is 1. The van der Waals surface area contributed by atoms with Crippen LogP contribution in [0.2, 0.25) is 0 Å². The van der Waals surface area contributed by atoms with Gasteiger partial charge in [0.05, 0.1) is 0 Å². The molecule has 0 spiro atoms. The second-order valence-corrected chi connectivity index (χ2v) is 5.40. The number of carbonyl (C=O) groups is 1. The van der Waals surface area contributed by atoms with E-state index in [0.717, 1.165) is 25.2 Å². The number of amides is 1. The van der Waals surface area contributed by atoms with Crippen molar-refractivity contribution in [3.63, 3.8) is 0 Å². The molecule has 4 nitrogen and oxygen atoms in total. The van der Waals surface area contributed by atoms with Crippen LogP contribution in [0.25, 0.3) is 0 Å². The van der Waals surface area contributed by atoms with Gasteiger partial charge >= 0.3 is 0 Å². The Bertz CT molecular complexity index is 407. The van der Waals surface area contributed by atoms with Crippen molar-refractivity contribution >= 4 is 5.91 Å². The maximum absolute atomic E-state index is 11.9. The van der Waals surface area contributed by atoms with Gasteiger partial charge in [-0.3, -0.25) is 14.7 Å². The lowest BCUT2D eigenvalue weighted by molar-refractivity contribution is -0.121. The van der Waals surface area contributed by atoms with Gasteiger partial charge in [0.15, 0.2) is 0 Å². The SMILES string of the molecule is CCN1CCCCC1CNC(=O)CCc1ccccn1. The molecule has 1 atom stereocenters. The monoisotopic (exact) mass is 275 g/mol. The molecule has 1 aromatic heterocycles. The fourth-order valence-corrected chi connectivity index (χ4v) is 2.82. The Hall–Kier alpha value is -1.42. The van der Waals surface area contributed by atoms with E-state index < -0.39 is 0 Å². The summed E-state index contributed by atoms with van der Waals surface area (Å²) in [5, 5.41) is 3.08. The summed E-state index contributed by atoms with van der Waals surface area (Å²) in [6, 6.07) is 6.34. The molecule has 0 aromatic carbocycles. The van der Waals surface area contributed by atoms with Gasteiger partial charge in [0.1, 0.15) is 0 Å². The number of hydrogen-bond acceptors (Lipinski definition) is 3. The maximum atomic E-state index is 11.9. The Morgan fingerprint density at radius 2 is 2.35 bits per heavy atom. The normalized spacial score (nSPS) is 19.8. The van der Waals surface area contributed by atoms with Crippen LogP contribution < -0.4 is 5.32 Å². The molecule has 1 aliphatic heterocycles. The molecule has 0 aliphatic carbocycles. The molecule has 1 saturated heterocycles. The fraction of sp³-hybridized carbons (Fsp3) is 0.625. The summed E-state index contributed by atoms with van der Waals surface area (Å²) in [6.07, 6.45) is 6.79. The first-order valence-corrected chi connectivity index (χ1v) is 7.70. The van der Waals surface area contributed by atoms with Crippen molar-refractivity contribution in [1.82, 2.24) is 15.2 Å². The third kappa shape index (κ3) is 4.60. The molecule has 1 fully saturated rings. The predicted octanol–water partition coefficient (Wildman–Crippen LogP) is 2.00. The Balaban J connectivity index is 1.69. The van der Waals surface area contributed by atoms with Gasteiger partial charge in [0, 0.05) is 30.9 Å². The van der Waals surface area contributed by atoms with E-state index in [4.69, 9.17) is 0 Å². The minimum absolute atomic E-state index is 0.136. The summed E-state index contributed by atoms with van der Waals surface area (Å²) in [5.41, 5.74) is 0.982. The van der Waals surface area contributed by atoms with E-state index in [1.807, 2.05) is 18.2 Å². The van der Waals surface area contributed by atoms with E-state index in [0.29, 0.717) is 12.5 Å². The standard InChI is InChI=1S/C16H25N3O/c1-2-19-12-6-4-8-15(19)13-18-16(20)10-9-14-7-3-5-11-17-14/h3,5,7,11,15H,2,4,6,8-10,12-13H2,1H3,(H,18,20). The molecule has 0 radical (unpaired) electrons. The second-order valence-electron chi connectivity index (χ2n) is 5.40. The largest absolute Gasteiger partial charge is 0.355 e. The van der Waals surface area contributed by atoms with E-state index in [1.54, 1.807) is 6.20 Å². The summed E-state index contributed by atoms with van der Waals surface area (Å²) in [6.45, 7) is 5.23. The zero-order chi connectivity index (χ0) is 14.2. The van der Waals surface area contributed by atoms with Crippen molar-refractivity contribution in [1.29, 1.82) is 0 Å². The van der Waals surface area contributed by atoms with Gasteiger partial charge in [-0.2, -0.15) is 0 Å². The van der Waals surface area contributed by atoms with Crippen LogP contribution in [0, 0.1) is 0 Å². The number of nitrogens with zero attached hydrogens (tertiary/aromatic N) is 2. The van der Waals surface area contributed by atoms with E-state index in [9.17, 15) is 4.79 Å². The van der Waals surface area contributed by atoms with Gasteiger partial charge in [0.2, 0.25) is 5.91 Å². The van der Waals surface area contributed by atoms with E-state index in [1.165, 1.54) is 25.8 Å². The predicted molar refractivity (Wildman–Crippen MR) is 80.5 cm³/mol. The van der Waals surface area contributed by atoms with Gasteiger partial charge in [0.25, 0.3) is 0 Å². The van der Waals surface area contributed by atoms with Crippen LogP contribution in [-0.2, 0) is 11.2 Å². The van der Waals surface area contributed by atoms with Crippen molar-refractivity contribution in [3.8, 4) is 0 Å². The molecule has 0 saturated carbocycles. The maximum Gasteiger partial charge on any atom is 0.220 e. The average molecular weight is 275 g/mol. The van der Waals surface area contributed by atoms with Gasteiger partial charge in [-0.1, -0.05) is 19.4 Å². The van der Waals surface area contributed by atoms with Crippen LogP contribution >= 0.6 is 0 Å². The summed E-state index contributed by atoms with van der Waals surface area (Å²) >= 11 is 0. The fourth-order valence-electron chi connectivity index (χ4n) is 2.82. The number of likely N-dealkylation sites (tertiary alicyclic amines) is 1. The third-order valence-corrected chi connectivity index (χ3v) is 4.02. The molecule has 0 bridgehead atoms. The van der Waals surface area contributed by atoms with Crippen molar-refractivity contribution in [2.75, 3.05) is 19.6 Å². The zero-order valence-corrected chi connectivity index (χ0v) is 12.3. The highest BCUT2D eigenvalue weighted by Crippen LogP contribution is 2.15. The van der Waals surface area contributed by atoms with Gasteiger partial charge in [-0.25, -0.2) is 0 Å². The average Bonchev–Trinajstić information content (AvgIpc) is 2.52. The molecule has 2 heterocycles. The van der Waals surface area contributed by atoms with Crippen molar-refractivity contribution in [2.24, 2.45) is 0 Å². The molecule has 2 rings (SSSR count). The first kappa shape index (κ1) is 15.0. The van der Waals surface area contributed by atoms with Gasteiger partial charge in [-0.05, 0) is 44.5 Å². The third-order valence-electron chi connectivity index (χ3n) is 4.02. The first-order valence-electron chi connectivity index (χ1n) is 7.70. The van der Waals surface area contributed by atoms with Gasteiger partial charge in [-0.15, -0.1) is 0 Å². The Morgan fingerprint density at radius 1 is 1.45 bits per heavy atom. The Kier molecular flexibility index (Phi) is 5.99. The molecular formula is C16H25N3O. The number of pyridine rings is 1. The number of aromatic nitrogens is 1. The van der Waals surface area contributed by atoms with Crippen LogP contribution in [0.1, 0.15) is 38.3 Å². The second kappa shape index (κ2) is 8.00. The van der Waals surface area contributed by atoms with Crippen LogP contribution in [0.4, 0.5) is 0 Å². The molecular weight excluding hydrogens is 250 g/mol. The van der Waals surface area contributed by atoms with Crippen LogP contribution in [0.5, 0.6) is 0 Å². The highest BCUT2D eigenvalue weighted by molar-refractivity contribution is 5.76. The van der Waals surface area contributed by atoms with Crippen LogP contribution in [0.3, 0.4) is 0 Å². The number of piperidine rings is 1. The topological polar surface area (TPSA) is 45.2 Å². The summed E-state index contributed by atoms with van der Waals surface area (Å²) < 4.78 is 0. The van der Waals surface area contributed by atoms with Gasteiger partial charge < -0.3 is 5.32 Å². The molecule has 1 amide bonds. The Labute approximate surface area is 121 Å². The van der Waals surface area contributed by atoms with E-state index >= 15 is 0 Å². The molecule has 1 N–H and O–H groups in total. The zero-order valence-electron chi connectivity index (χ0n) is 12.3. The molecule has 110 valence electrons. The Morgan fingerprint density at radius 3 is 3.10 bits per heavy atom. The van der Waals surface area contributed by atoms with Crippen molar-refractivity contribution < 1.29 is 4.79 Å². The quantitative estimate of drug-likeness (QED) is 0.863. The highest BCUT2D eigenvalue weighted by atomic mass is 16.1. The molecule has 1 aliphatic rings. The molecule has 20 heavy (non-hydrogen) atoms. The minimum atomic E-state index is 0.136. The van der Waals surface area contributed by atoms with E-state index in [-0.39, 0.29) is 5.91 Å². The smallest absolute Gasteiger partial charge is 0.220 e. The molecule has 1 unspecified atom stereocenters. The molecule has 1 aromatic rings. The number of likely N-dealkylation sites (N-methyl/N-ethyl adjacent to an activating group) is 1.